The molecule has 1 aliphatic rings. The highest BCUT2D eigenvalue weighted by Gasteiger charge is 2.22. The SMILES string of the molecule is O[C@H]1CCCC[C@@H]1Nc1cccc(OC(F)F)c1. The van der Waals surface area contributed by atoms with Crippen LogP contribution in [0.1, 0.15) is 25.7 Å². The summed E-state index contributed by atoms with van der Waals surface area (Å²) in [5.74, 6) is 0.125. The summed E-state index contributed by atoms with van der Waals surface area (Å²) in [6.07, 6.45) is 3.40. The van der Waals surface area contributed by atoms with Gasteiger partial charge in [-0.3, -0.25) is 0 Å². The Balaban J connectivity index is 1.99. The lowest BCUT2D eigenvalue weighted by Gasteiger charge is -2.29. The molecule has 1 saturated carbocycles. The molecule has 0 spiro atoms. The number of alkyl halides is 2. The summed E-state index contributed by atoms with van der Waals surface area (Å²) in [6.45, 7) is -2.82. The number of ether oxygens (including phenoxy) is 1. The number of rotatable bonds is 4. The minimum Gasteiger partial charge on any atom is -0.435 e. The lowest BCUT2D eigenvalue weighted by molar-refractivity contribution is -0.0498. The van der Waals surface area contributed by atoms with Crippen molar-refractivity contribution >= 4 is 5.69 Å². The molecule has 0 aliphatic heterocycles. The molecule has 0 radical (unpaired) electrons. The highest BCUT2D eigenvalue weighted by Crippen LogP contribution is 2.25. The van der Waals surface area contributed by atoms with Crippen molar-refractivity contribution in [2.45, 2.75) is 44.4 Å². The molecular formula is C13H17F2NO2. The van der Waals surface area contributed by atoms with E-state index >= 15 is 0 Å². The number of nitrogens with one attached hydrogen (secondary N) is 1. The van der Waals surface area contributed by atoms with Crippen LogP contribution in [0.25, 0.3) is 0 Å². The number of halogens is 2. The highest BCUT2D eigenvalue weighted by molar-refractivity contribution is 5.49. The maximum Gasteiger partial charge on any atom is 0.387 e. The van der Waals surface area contributed by atoms with E-state index in [1.54, 1.807) is 12.1 Å². The van der Waals surface area contributed by atoms with Gasteiger partial charge < -0.3 is 15.2 Å². The van der Waals surface area contributed by atoms with E-state index in [1.165, 1.54) is 12.1 Å². The monoisotopic (exact) mass is 257 g/mol. The molecule has 1 aromatic carbocycles. The Bertz CT molecular complexity index is 387. The molecule has 1 aromatic rings. The Morgan fingerprint density at radius 2 is 2.06 bits per heavy atom. The number of aliphatic hydroxyl groups excluding tert-OH is 1. The van der Waals surface area contributed by atoms with Gasteiger partial charge in [-0.2, -0.15) is 8.78 Å². The Morgan fingerprint density at radius 1 is 1.28 bits per heavy atom. The second kappa shape index (κ2) is 6.00. The van der Waals surface area contributed by atoms with E-state index in [4.69, 9.17) is 0 Å². The summed E-state index contributed by atoms with van der Waals surface area (Å²) in [5.41, 5.74) is 0.694. The van der Waals surface area contributed by atoms with Crippen LogP contribution < -0.4 is 10.1 Å². The van der Waals surface area contributed by atoms with Gasteiger partial charge in [0.05, 0.1) is 12.1 Å². The molecule has 0 heterocycles. The zero-order valence-electron chi connectivity index (χ0n) is 9.98. The summed E-state index contributed by atoms with van der Waals surface area (Å²) in [7, 11) is 0. The van der Waals surface area contributed by atoms with Crippen LogP contribution in [0.3, 0.4) is 0 Å². The number of anilines is 1. The fraction of sp³-hybridized carbons (Fsp3) is 0.538. The molecule has 2 rings (SSSR count). The van der Waals surface area contributed by atoms with E-state index in [9.17, 15) is 13.9 Å². The first-order valence-electron chi connectivity index (χ1n) is 6.14. The molecule has 0 aromatic heterocycles. The number of hydrogen-bond donors (Lipinski definition) is 2. The summed E-state index contributed by atoms with van der Waals surface area (Å²) in [4.78, 5) is 0. The van der Waals surface area contributed by atoms with Crippen molar-refractivity contribution in [3.05, 3.63) is 24.3 Å². The van der Waals surface area contributed by atoms with Crippen LogP contribution in [0.5, 0.6) is 5.75 Å². The Kier molecular flexibility index (Phi) is 4.36. The minimum atomic E-state index is -2.82. The molecule has 0 saturated heterocycles. The van der Waals surface area contributed by atoms with Gasteiger partial charge >= 0.3 is 6.61 Å². The fourth-order valence-electron chi connectivity index (χ4n) is 2.26. The van der Waals surface area contributed by atoms with Crippen molar-refractivity contribution in [3.8, 4) is 5.75 Å². The summed E-state index contributed by atoms with van der Waals surface area (Å²) in [6, 6.07) is 6.41. The summed E-state index contributed by atoms with van der Waals surface area (Å²) >= 11 is 0. The molecule has 0 amide bonds. The fourth-order valence-corrected chi connectivity index (χ4v) is 2.26. The molecule has 0 unspecified atom stereocenters. The summed E-state index contributed by atoms with van der Waals surface area (Å²) < 4.78 is 28.5. The zero-order valence-corrected chi connectivity index (χ0v) is 9.98. The zero-order chi connectivity index (χ0) is 13.0. The van der Waals surface area contributed by atoms with Crippen LogP contribution >= 0.6 is 0 Å². The van der Waals surface area contributed by atoms with Crippen molar-refractivity contribution in [2.75, 3.05) is 5.32 Å². The van der Waals surface area contributed by atoms with Gasteiger partial charge in [0.15, 0.2) is 0 Å². The maximum absolute atomic E-state index is 12.1. The largest absolute Gasteiger partial charge is 0.435 e. The van der Waals surface area contributed by atoms with E-state index in [2.05, 4.69) is 10.1 Å². The molecular weight excluding hydrogens is 240 g/mol. The van der Waals surface area contributed by atoms with Crippen molar-refractivity contribution in [3.63, 3.8) is 0 Å². The normalized spacial score (nSPS) is 24.0. The van der Waals surface area contributed by atoms with Gasteiger partial charge in [0.25, 0.3) is 0 Å². The quantitative estimate of drug-likeness (QED) is 0.871. The summed E-state index contributed by atoms with van der Waals surface area (Å²) in [5, 5.41) is 13.0. The van der Waals surface area contributed by atoms with Crippen molar-refractivity contribution < 1.29 is 18.6 Å². The van der Waals surface area contributed by atoms with Crippen LogP contribution in [0.15, 0.2) is 24.3 Å². The number of benzene rings is 1. The van der Waals surface area contributed by atoms with Crippen molar-refractivity contribution in [2.24, 2.45) is 0 Å². The average Bonchev–Trinajstić information content (AvgIpc) is 2.32. The van der Waals surface area contributed by atoms with Crippen LogP contribution in [0, 0.1) is 0 Å². The Labute approximate surface area is 105 Å². The topological polar surface area (TPSA) is 41.5 Å². The van der Waals surface area contributed by atoms with Crippen LogP contribution in [-0.4, -0.2) is 23.9 Å². The Hall–Kier alpha value is -1.36. The van der Waals surface area contributed by atoms with E-state index in [1.807, 2.05) is 0 Å². The number of hydrogen-bond acceptors (Lipinski definition) is 3. The third-order valence-corrected chi connectivity index (χ3v) is 3.14. The first kappa shape index (κ1) is 13.1. The predicted molar refractivity (Wildman–Crippen MR) is 65.0 cm³/mol. The first-order valence-corrected chi connectivity index (χ1v) is 6.14. The third-order valence-electron chi connectivity index (χ3n) is 3.14. The van der Waals surface area contributed by atoms with E-state index in [0.29, 0.717) is 5.69 Å². The third kappa shape index (κ3) is 3.57. The van der Waals surface area contributed by atoms with Gasteiger partial charge in [-0.25, -0.2) is 0 Å². The van der Waals surface area contributed by atoms with Gasteiger partial charge in [-0.15, -0.1) is 0 Å². The molecule has 3 nitrogen and oxygen atoms in total. The Morgan fingerprint density at radius 3 is 2.78 bits per heavy atom. The predicted octanol–water partition coefficient (Wildman–Crippen LogP) is 3.00. The van der Waals surface area contributed by atoms with E-state index in [-0.39, 0.29) is 17.9 Å². The van der Waals surface area contributed by atoms with Crippen LogP contribution in [0.4, 0.5) is 14.5 Å². The highest BCUT2D eigenvalue weighted by atomic mass is 19.3. The van der Waals surface area contributed by atoms with Gasteiger partial charge in [0.2, 0.25) is 0 Å². The van der Waals surface area contributed by atoms with E-state index in [0.717, 1.165) is 25.7 Å². The number of aliphatic hydroxyl groups is 1. The van der Waals surface area contributed by atoms with Gasteiger partial charge in [-0.05, 0) is 25.0 Å². The van der Waals surface area contributed by atoms with E-state index < -0.39 is 6.61 Å². The van der Waals surface area contributed by atoms with Crippen molar-refractivity contribution in [1.82, 2.24) is 0 Å². The van der Waals surface area contributed by atoms with Gasteiger partial charge in [0, 0.05) is 11.8 Å². The lowest BCUT2D eigenvalue weighted by Crippen LogP contribution is -2.36. The molecule has 1 fully saturated rings. The molecule has 5 heteroatoms. The average molecular weight is 257 g/mol. The molecule has 2 N–H and O–H groups in total. The standard InChI is InChI=1S/C13H17F2NO2/c14-13(15)18-10-5-3-4-9(8-10)16-11-6-1-2-7-12(11)17/h3-5,8,11-13,16-17H,1-2,6-7H2/t11-,12-/m0/s1. The molecule has 0 bridgehead atoms. The van der Waals surface area contributed by atoms with Crippen molar-refractivity contribution in [1.29, 1.82) is 0 Å². The van der Waals surface area contributed by atoms with Gasteiger partial charge in [-0.1, -0.05) is 18.9 Å². The lowest BCUT2D eigenvalue weighted by atomic mass is 9.92. The molecule has 2 atom stereocenters. The maximum atomic E-state index is 12.1. The second-order valence-corrected chi connectivity index (χ2v) is 4.51. The van der Waals surface area contributed by atoms with Gasteiger partial charge in [0.1, 0.15) is 5.75 Å². The first-order chi connectivity index (χ1) is 8.65. The molecule has 100 valence electrons. The molecule has 18 heavy (non-hydrogen) atoms. The molecule has 1 aliphatic carbocycles. The smallest absolute Gasteiger partial charge is 0.387 e. The van der Waals surface area contributed by atoms with Crippen LogP contribution in [0.2, 0.25) is 0 Å². The van der Waals surface area contributed by atoms with Crippen LogP contribution in [-0.2, 0) is 0 Å². The minimum absolute atomic E-state index is 0.0134. The second-order valence-electron chi connectivity index (χ2n) is 4.51.